The molecule has 0 aliphatic carbocycles. The number of nitrogens with zero attached hydrogens (tertiary/aromatic N) is 1. The highest BCUT2D eigenvalue weighted by Crippen LogP contribution is 2.25. The first-order valence-electron chi connectivity index (χ1n) is 6.57. The second kappa shape index (κ2) is 7.12. The normalized spacial score (nSPS) is 11.4. The van der Waals surface area contributed by atoms with Crippen LogP contribution in [0.2, 0.25) is 0 Å². The van der Waals surface area contributed by atoms with E-state index in [1.165, 1.54) is 66.0 Å². The molecule has 2 radical (unpaired) electrons. The smallest absolute Gasteiger partial charge is 0.102 e. The zero-order valence-electron chi connectivity index (χ0n) is 10.4. The second-order valence-corrected chi connectivity index (χ2v) is 6.16. The number of unbranched alkanes of at least 4 members (excludes halogenated alkanes) is 6. The van der Waals surface area contributed by atoms with Crippen LogP contribution in [0.25, 0.3) is 10.2 Å². The molecule has 0 unspecified atom stereocenters. The van der Waals surface area contributed by atoms with Gasteiger partial charge in [-0.2, -0.15) is 0 Å². The molecule has 0 bridgehead atoms. The number of hydrogen-bond donors (Lipinski definition) is 0. The van der Waals surface area contributed by atoms with Gasteiger partial charge < -0.3 is 0 Å². The highest BCUT2D eigenvalue weighted by atomic mass is 32.1. The fourth-order valence-corrected chi connectivity index (χ4v) is 3.62. The number of aryl methyl sites for hydroxylation is 1. The minimum Gasteiger partial charge on any atom is -0.240 e. The minimum absolute atomic E-state index is 1.03. The number of hydrogen-bond acceptors (Lipinski definition) is 3. The Hall–Kier alpha value is -0.410. The van der Waals surface area contributed by atoms with E-state index in [2.05, 4.69) is 22.7 Å². The molecule has 17 heavy (non-hydrogen) atoms. The van der Waals surface area contributed by atoms with E-state index in [1.54, 1.807) is 11.3 Å². The van der Waals surface area contributed by atoms with E-state index in [9.17, 15) is 0 Å². The summed E-state index contributed by atoms with van der Waals surface area (Å²) in [5, 5.41) is 7.62. The molecule has 0 N–H and O–H groups in total. The van der Waals surface area contributed by atoms with Crippen molar-refractivity contribution in [2.45, 2.75) is 58.3 Å². The van der Waals surface area contributed by atoms with E-state index in [0.29, 0.717) is 0 Å². The summed E-state index contributed by atoms with van der Waals surface area (Å²) >= 11 is 3.29. The number of rotatable bonds is 8. The van der Waals surface area contributed by atoms with Crippen LogP contribution in [0.15, 0.2) is 0 Å². The number of fused-ring (bicyclic) bond motifs is 1. The summed E-state index contributed by atoms with van der Waals surface area (Å²) in [4.78, 5) is 4.56. The largest absolute Gasteiger partial charge is 0.240 e. The predicted molar refractivity (Wildman–Crippen MR) is 76.9 cm³/mol. The quantitative estimate of drug-likeness (QED) is 0.594. The Balaban J connectivity index is 1.60. The predicted octanol–water partition coefficient (Wildman–Crippen LogP) is 5.25. The van der Waals surface area contributed by atoms with E-state index in [4.69, 9.17) is 0 Å². The van der Waals surface area contributed by atoms with Crippen LogP contribution in [-0.2, 0) is 6.42 Å². The van der Waals surface area contributed by atoms with Gasteiger partial charge in [0.2, 0.25) is 0 Å². The first-order chi connectivity index (χ1) is 8.40. The van der Waals surface area contributed by atoms with Crippen LogP contribution in [0.1, 0.15) is 56.9 Å². The van der Waals surface area contributed by atoms with Crippen molar-refractivity contribution in [3.63, 3.8) is 0 Å². The third-order valence-electron chi connectivity index (χ3n) is 2.96. The van der Waals surface area contributed by atoms with E-state index in [1.807, 2.05) is 0 Å². The van der Waals surface area contributed by atoms with Gasteiger partial charge in [-0.25, -0.2) is 4.98 Å². The van der Waals surface area contributed by atoms with Crippen molar-refractivity contribution in [2.24, 2.45) is 0 Å². The lowest BCUT2D eigenvalue weighted by Gasteiger charge is -1.99. The van der Waals surface area contributed by atoms with Gasteiger partial charge in [-0.1, -0.05) is 45.4 Å². The fraction of sp³-hybridized carbons (Fsp3) is 0.643. The van der Waals surface area contributed by atoms with E-state index in [-0.39, 0.29) is 0 Å². The molecule has 0 amide bonds. The molecule has 0 fully saturated rings. The SMILES string of the molecule is CCCCCCCCCc1nc2[c]s[c]c2s1. The summed E-state index contributed by atoms with van der Waals surface area (Å²) in [5.74, 6) is 0. The average Bonchev–Trinajstić information content (AvgIpc) is 2.88. The van der Waals surface area contributed by atoms with Gasteiger partial charge in [0.1, 0.15) is 5.52 Å². The van der Waals surface area contributed by atoms with Crippen molar-refractivity contribution in [1.29, 1.82) is 0 Å². The molecule has 2 aromatic rings. The molecule has 2 rings (SSSR count). The number of thiazole rings is 1. The first-order valence-corrected chi connectivity index (χ1v) is 8.21. The van der Waals surface area contributed by atoms with Crippen molar-refractivity contribution in [2.75, 3.05) is 0 Å². The lowest BCUT2D eigenvalue weighted by Crippen LogP contribution is -1.85. The molecule has 0 aromatic carbocycles. The molecule has 2 heterocycles. The lowest BCUT2D eigenvalue weighted by atomic mass is 10.1. The zero-order chi connectivity index (χ0) is 11.9. The van der Waals surface area contributed by atoms with Gasteiger partial charge in [0.05, 0.1) is 20.5 Å². The molecule has 1 nitrogen and oxygen atoms in total. The number of thiophene rings is 1. The van der Waals surface area contributed by atoms with Crippen LogP contribution in [0, 0.1) is 10.8 Å². The van der Waals surface area contributed by atoms with Gasteiger partial charge in [-0.05, 0) is 12.8 Å². The van der Waals surface area contributed by atoms with Gasteiger partial charge in [0.25, 0.3) is 0 Å². The first kappa shape index (κ1) is 13.0. The molecular weight excluding hydrogens is 246 g/mol. The molecule has 3 heteroatoms. The zero-order valence-corrected chi connectivity index (χ0v) is 12.1. The standard InChI is InChI=1S/C14H19NS2/c1-2-3-4-5-6-7-8-9-14-15-12-10-16-11-13(12)17-14/h2-9H2,1H3. The van der Waals surface area contributed by atoms with E-state index in [0.717, 1.165) is 11.9 Å². The van der Waals surface area contributed by atoms with Gasteiger partial charge in [0.15, 0.2) is 0 Å². The summed E-state index contributed by atoms with van der Waals surface area (Å²) in [6.07, 6.45) is 10.7. The third-order valence-corrected chi connectivity index (χ3v) is 4.72. The van der Waals surface area contributed by atoms with Crippen LogP contribution in [-0.4, -0.2) is 4.98 Å². The van der Waals surface area contributed by atoms with Crippen molar-refractivity contribution >= 4 is 32.9 Å². The monoisotopic (exact) mass is 265 g/mol. The van der Waals surface area contributed by atoms with Crippen LogP contribution in [0.5, 0.6) is 0 Å². The molecule has 0 saturated heterocycles. The Kier molecular flexibility index (Phi) is 5.46. The molecule has 92 valence electrons. The maximum absolute atomic E-state index is 4.56. The highest BCUT2D eigenvalue weighted by Gasteiger charge is 2.04. The van der Waals surface area contributed by atoms with Crippen LogP contribution >= 0.6 is 22.7 Å². The summed E-state index contributed by atoms with van der Waals surface area (Å²) < 4.78 is 1.19. The molecule has 0 atom stereocenters. The second-order valence-electron chi connectivity index (χ2n) is 4.46. The topological polar surface area (TPSA) is 12.9 Å². The maximum atomic E-state index is 4.56. The van der Waals surface area contributed by atoms with Gasteiger partial charge >= 0.3 is 0 Å². The van der Waals surface area contributed by atoms with Gasteiger partial charge in [-0.3, -0.25) is 0 Å². The van der Waals surface area contributed by atoms with E-state index < -0.39 is 0 Å². The third kappa shape index (κ3) is 4.07. The molecule has 2 aromatic heterocycles. The maximum Gasteiger partial charge on any atom is 0.102 e. The Morgan fingerprint density at radius 1 is 1.00 bits per heavy atom. The molecule has 0 aliphatic heterocycles. The Bertz CT molecular complexity index is 402. The fourth-order valence-electron chi connectivity index (χ4n) is 1.96. The molecular formula is C14H19NS2. The van der Waals surface area contributed by atoms with Crippen LogP contribution in [0.4, 0.5) is 0 Å². The van der Waals surface area contributed by atoms with Crippen molar-refractivity contribution in [1.82, 2.24) is 4.98 Å². The summed E-state index contributed by atoms with van der Waals surface area (Å²) in [6.45, 7) is 2.27. The van der Waals surface area contributed by atoms with Crippen molar-refractivity contribution in [3.8, 4) is 0 Å². The molecule has 0 spiro atoms. The number of aromatic nitrogens is 1. The summed E-state index contributed by atoms with van der Waals surface area (Å²) in [7, 11) is 0. The lowest BCUT2D eigenvalue weighted by molar-refractivity contribution is 0.589. The molecule has 0 aliphatic rings. The van der Waals surface area contributed by atoms with E-state index >= 15 is 0 Å². The highest BCUT2D eigenvalue weighted by molar-refractivity contribution is 7.21. The summed E-state index contributed by atoms with van der Waals surface area (Å²) in [5.41, 5.74) is 1.03. The molecule has 0 saturated carbocycles. The van der Waals surface area contributed by atoms with Crippen LogP contribution < -0.4 is 0 Å². The Morgan fingerprint density at radius 2 is 1.76 bits per heavy atom. The summed E-state index contributed by atoms with van der Waals surface area (Å²) in [6, 6.07) is 0. The Morgan fingerprint density at radius 3 is 2.53 bits per heavy atom. The van der Waals surface area contributed by atoms with Crippen molar-refractivity contribution < 1.29 is 0 Å². The Labute approximate surface area is 112 Å². The average molecular weight is 265 g/mol. The van der Waals surface area contributed by atoms with Crippen molar-refractivity contribution in [3.05, 3.63) is 15.8 Å². The van der Waals surface area contributed by atoms with Crippen LogP contribution in [0.3, 0.4) is 0 Å². The minimum atomic E-state index is 1.03. The van der Waals surface area contributed by atoms with Gasteiger partial charge in [-0.15, -0.1) is 22.7 Å². The van der Waals surface area contributed by atoms with Gasteiger partial charge in [0, 0.05) is 0 Å².